The Morgan fingerprint density at radius 1 is 0.758 bits per heavy atom. The number of carbonyl (C=O) groups is 1. The molecule has 1 fully saturated rings. The molecule has 0 spiro atoms. The maximum absolute atomic E-state index is 12.5. The summed E-state index contributed by atoms with van der Waals surface area (Å²) in [7, 11) is 0. The van der Waals surface area contributed by atoms with Gasteiger partial charge in [-0.1, -0.05) is 83.8 Å². The molecule has 0 atom stereocenters. The van der Waals surface area contributed by atoms with Crippen molar-refractivity contribution in [1.29, 1.82) is 0 Å². The molecule has 1 aliphatic rings. The highest BCUT2D eigenvalue weighted by molar-refractivity contribution is 5.91. The fourth-order valence-corrected chi connectivity index (χ4v) is 4.77. The Kier molecular flexibility index (Phi) is 10.8. The second-order valence-electron chi connectivity index (χ2n) is 9.68. The van der Waals surface area contributed by atoms with Crippen LogP contribution in [0.5, 0.6) is 11.5 Å². The van der Waals surface area contributed by atoms with Crippen molar-refractivity contribution in [2.24, 2.45) is 11.8 Å². The molecule has 1 aliphatic carbocycles. The molecule has 0 saturated heterocycles. The Bertz CT molecular complexity index is 801. The first-order valence-electron chi connectivity index (χ1n) is 13.2. The number of rotatable bonds is 13. The average molecular weight is 451 g/mol. The first-order valence-corrected chi connectivity index (χ1v) is 13.2. The highest BCUT2D eigenvalue weighted by atomic mass is 16.5. The van der Waals surface area contributed by atoms with Crippen LogP contribution in [-0.4, -0.2) is 12.6 Å². The second-order valence-corrected chi connectivity index (χ2v) is 9.68. The predicted molar refractivity (Wildman–Crippen MR) is 136 cm³/mol. The van der Waals surface area contributed by atoms with Crippen molar-refractivity contribution in [3.05, 3.63) is 59.7 Å². The van der Waals surface area contributed by atoms with Gasteiger partial charge in [0.2, 0.25) is 0 Å². The van der Waals surface area contributed by atoms with Crippen molar-refractivity contribution in [2.75, 3.05) is 6.61 Å². The lowest BCUT2D eigenvalue weighted by Gasteiger charge is -2.28. The third-order valence-corrected chi connectivity index (χ3v) is 7.01. The molecule has 1 saturated carbocycles. The summed E-state index contributed by atoms with van der Waals surface area (Å²) >= 11 is 0. The van der Waals surface area contributed by atoms with Gasteiger partial charge in [-0.05, 0) is 73.1 Å². The monoisotopic (exact) mass is 450 g/mol. The quantitative estimate of drug-likeness (QED) is 0.175. The number of hydrogen-bond donors (Lipinski definition) is 0. The molecule has 180 valence electrons. The van der Waals surface area contributed by atoms with Crippen LogP contribution in [-0.2, 0) is 6.42 Å². The summed E-state index contributed by atoms with van der Waals surface area (Å²) in [6, 6.07) is 15.2. The number of esters is 1. The van der Waals surface area contributed by atoms with Gasteiger partial charge in [-0.2, -0.15) is 0 Å². The molecule has 0 radical (unpaired) electrons. The van der Waals surface area contributed by atoms with Crippen LogP contribution in [0.4, 0.5) is 0 Å². The Hall–Kier alpha value is -2.29. The van der Waals surface area contributed by atoms with Gasteiger partial charge in [0.1, 0.15) is 11.5 Å². The molecular formula is C30H42O3. The van der Waals surface area contributed by atoms with Crippen LogP contribution in [0.1, 0.15) is 100 Å². The minimum absolute atomic E-state index is 0.317. The molecule has 0 unspecified atom stereocenters. The summed E-state index contributed by atoms with van der Waals surface area (Å²) in [5.74, 6) is 2.87. The number of unbranched alkanes of at least 4 members (excludes halogenated alkanes) is 3. The molecule has 3 heteroatoms. The topological polar surface area (TPSA) is 35.5 Å². The zero-order valence-corrected chi connectivity index (χ0v) is 20.7. The van der Waals surface area contributed by atoms with Crippen LogP contribution in [0.15, 0.2) is 48.5 Å². The summed E-state index contributed by atoms with van der Waals surface area (Å²) in [5.41, 5.74) is 1.90. The van der Waals surface area contributed by atoms with Crippen LogP contribution in [0.2, 0.25) is 0 Å². The van der Waals surface area contributed by atoms with E-state index >= 15 is 0 Å². The maximum Gasteiger partial charge on any atom is 0.343 e. The van der Waals surface area contributed by atoms with Gasteiger partial charge < -0.3 is 9.47 Å². The number of benzene rings is 2. The van der Waals surface area contributed by atoms with E-state index in [9.17, 15) is 4.79 Å². The van der Waals surface area contributed by atoms with E-state index in [2.05, 4.69) is 26.0 Å². The third-order valence-electron chi connectivity index (χ3n) is 7.01. The smallest absolute Gasteiger partial charge is 0.343 e. The fraction of sp³-hybridized carbons (Fsp3) is 0.567. The molecule has 0 aromatic heterocycles. The van der Waals surface area contributed by atoms with Crippen molar-refractivity contribution in [2.45, 2.75) is 90.9 Å². The molecule has 0 bridgehead atoms. The SMILES string of the molecule is CCCCCC1CCC(CCc2ccc(C(=O)Oc3ccc(OCCCC)cc3)cc2)CC1. The van der Waals surface area contributed by atoms with E-state index in [4.69, 9.17) is 9.47 Å². The van der Waals surface area contributed by atoms with Gasteiger partial charge in [0, 0.05) is 0 Å². The summed E-state index contributed by atoms with van der Waals surface area (Å²) in [6.07, 6.45) is 15.7. The van der Waals surface area contributed by atoms with Crippen molar-refractivity contribution in [1.82, 2.24) is 0 Å². The molecular weight excluding hydrogens is 408 g/mol. The Labute approximate surface area is 200 Å². The summed E-state index contributed by atoms with van der Waals surface area (Å²) < 4.78 is 11.2. The van der Waals surface area contributed by atoms with Gasteiger partial charge in [0.25, 0.3) is 0 Å². The summed E-state index contributed by atoms with van der Waals surface area (Å²) in [6.45, 7) is 5.14. The van der Waals surface area contributed by atoms with Crippen LogP contribution >= 0.6 is 0 Å². The van der Waals surface area contributed by atoms with Crippen molar-refractivity contribution in [3.8, 4) is 11.5 Å². The zero-order chi connectivity index (χ0) is 23.3. The highest BCUT2D eigenvalue weighted by Gasteiger charge is 2.20. The van der Waals surface area contributed by atoms with E-state index in [0.717, 1.165) is 36.8 Å². The number of hydrogen-bond acceptors (Lipinski definition) is 3. The lowest BCUT2D eigenvalue weighted by molar-refractivity contribution is 0.0734. The van der Waals surface area contributed by atoms with Gasteiger partial charge >= 0.3 is 5.97 Å². The average Bonchev–Trinajstić information content (AvgIpc) is 2.85. The number of ether oxygens (including phenoxy) is 2. The maximum atomic E-state index is 12.5. The minimum Gasteiger partial charge on any atom is -0.494 e. The van der Waals surface area contributed by atoms with E-state index < -0.39 is 0 Å². The molecule has 33 heavy (non-hydrogen) atoms. The van der Waals surface area contributed by atoms with E-state index in [-0.39, 0.29) is 5.97 Å². The molecule has 2 aromatic rings. The lowest BCUT2D eigenvalue weighted by Crippen LogP contribution is -2.15. The molecule has 0 aliphatic heterocycles. The third kappa shape index (κ3) is 8.87. The molecule has 3 nitrogen and oxygen atoms in total. The van der Waals surface area contributed by atoms with Crippen LogP contribution < -0.4 is 9.47 Å². The van der Waals surface area contributed by atoms with Crippen molar-refractivity contribution >= 4 is 5.97 Å². The number of aryl methyl sites for hydroxylation is 1. The van der Waals surface area contributed by atoms with Crippen molar-refractivity contribution in [3.63, 3.8) is 0 Å². The van der Waals surface area contributed by atoms with Gasteiger partial charge in [0.05, 0.1) is 12.2 Å². The van der Waals surface area contributed by atoms with Crippen LogP contribution in [0.25, 0.3) is 0 Å². The largest absolute Gasteiger partial charge is 0.494 e. The Balaban J connectivity index is 1.38. The van der Waals surface area contributed by atoms with E-state index in [1.165, 1.54) is 63.4 Å². The van der Waals surface area contributed by atoms with Gasteiger partial charge in [-0.15, -0.1) is 0 Å². The van der Waals surface area contributed by atoms with Crippen LogP contribution in [0.3, 0.4) is 0 Å². The van der Waals surface area contributed by atoms with E-state index in [1.807, 2.05) is 24.3 Å². The normalized spacial score (nSPS) is 18.1. The zero-order valence-electron chi connectivity index (χ0n) is 20.7. The molecule has 0 amide bonds. The first kappa shape index (κ1) is 25.3. The molecule has 2 aromatic carbocycles. The summed E-state index contributed by atoms with van der Waals surface area (Å²) in [5, 5.41) is 0. The van der Waals surface area contributed by atoms with Gasteiger partial charge in [0.15, 0.2) is 0 Å². The van der Waals surface area contributed by atoms with Gasteiger partial charge in [-0.3, -0.25) is 0 Å². The molecule has 3 rings (SSSR count). The van der Waals surface area contributed by atoms with E-state index in [0.29, 0.717) is 17.9 Å². The summed E-state index contributed by atoms with van der Waals surface area (Å²) in [4.78, 5) is 12.5. The molecule has 0 heterocycles. The molecule has 0 N–H and O–H groups in total. The highest BCUT2D eigenvalue weighted by Crippen LogP contribution is 2.34. The van der Waals surface area contributed by atoms with Gasteiger partial charge in [-0.25, -0.2) is 4.79 Å². The fourth-order valence-electron chi connectivity index (χ4n) is 4.77. The first-order chi connectivity index (χ1) is 16.2. The van der Waals surface area contributed by atoms with Crippen LogP contribution in [0, 0.1) is 11.8 Å². The lowest BCUT2D eigenvalue weighted by atomic mass is 9.78. The minimum atomic E-state index is -0.317. The predicted octanol–water partition coefficient (Wildman–Crippen LogP) is 8.40. The number of carbonyl (C=O) groups excluding carboxylic acids is 1. The van der Waals surface area contributed by atoms with Crippen molar-refractivity contribution < 1.29 is 14.3 Å². The second kappa shape index (κ2) is 14.1. The Morgan fingerprint density at radius 3 is 2.00 bits per heavy atom. The Morgan fingerprint density at radius 2 is 1.36 bits per heavy atom. The standard InChI is InChI=1S/C30H42O3/c1-3-5-7-8-24-9-11-25(12-10-24)13-14-26-15-17-27(18-16-26)30(31)33-29-21-19-28(20-22-29)32-23-6-4-2/h15-22,24-25H,3-14,23H2,1-2H3. The van der Waals surface area contributed by atoms with E-state index in [1.54, 1.807) is 12.1 Å².